The molecule has 1 fully saturated rings. The van der Waals surface area contributed by atoms with Crippen LogP contribution in [0.1, 0.15) is 26.7 Å². The summed E-state index contributed by atoms with van der Waals surface area (Å²) in [6.07, 6.45) is -0.228. The largest absolute Gasteiger partial charge is 0.462 e. The molecule has 1 heterocycles. The second-order valence-electron chi connectivity index (χ2n) is 3.64. The highest BCUT2D eigenvalue weighted by molar-refractivity contribution is 5.71. The molecule has 80 valence electrons. The maximum absolute atomic E-state index is 10.9. The Morgan fingerprint density at radius 3 is 3.00 bits per heavy atom. The lowest BCUT2D eigenvalue weighted by atomic mass is 9.91. The minimum absolute atomic E-state index is 0.0892. The molecule has 1 aliphatic heterocycles. The van der Waals surface area contributed by atoms with Gasteiger partial charge in [-0.15, -0.1) is 0 Å². The van der Waals surface area contributed by atoms with E-state index < -0.39 is 17.7 Å². The summed E-state index contributed by atoms with van der Waals surface area (Å²) in [7, 11) is 0. The number of ether oxygens (including phenoxy) is 2. The van der Waals surface area contributed by atoms with Gasteiger partial charge in [-0.3, -0.25) is 9.59 Å². The molecule has 1 saturated heterocycles. The predicted molar refractivity (Wildman–Crippen MR) is 46.4 cm³/mol. The molecule has 2 atom stereocenters. The highest BCUT2D eigenvalue weighted by Crippen LogP contribution is 2.25. The van der Waals surface area contributed by atoms with Gasteiger partial charge in [0.2, 0.25) is 0 Å². The number of esters is 2. The van der Waals surface area contributed by atoms with Crippen molar-refractivity contribution in [1.82, 2.24) is 0 Å². The van der Waals surface area contributed by atoms with Crippen molar-refractivity contribution in [1.29, 1.82) is 0 Å². The molecule has 1 N–H and O–H groups in total. The first kappa shape index (κ1) is 11.0. The lowest BCUT2D eigenvalue weighted by Crippen LogP contribution is -2.49. The van der Waals surface area contributed by atoms with Crippen molar-refractivity contribution in [3.05, 3.63) is 0 Å². The summed E-state index contributed by atoms with van der Waals surface area (Å²) in [5, 5.41) is 9.80. The van der Waals surface area contributed by atoms with Gasteiger partial charge in [-0.1, -0.05) is 0 Å². The van der Waals surface area contributed by atoms with E-state index in [1.165, 1.54) is 6.92 Å². The maximum atomic E-state index is 10.9. The van der Waals surface area contributed by atoms with E-state index in [9.17, 15) is 14.7 Å². The van der Waals surface area contributed by atoms with Gasteiger partial charge >= 0.3 is 11.9 Å². The smallest absolute Gasteiger partial charge is 0.306 e. The van der Waals surface area contributed by atoms with Crippen LogP contribution >= 0.6 is 0 Å². The number of cyclic esters (lactones) is 1. The van der Waals surface area contributed by atoms with Crippen LogP contribution in [0.5, 0.6) is 0 Å². The summed E-state index contributed by atoms with van der Waals surface area (Å²) >= 11 is 0. The van der Waals surface area contributed by atoms with Crippen LogP contribution in [0.25, 0.3) is 0 Å². The lowest BCUT2D eigenvalue weighted by Gasteiger charge is -2.35. The normalized spacial score (nSPS) is 32.2. The average molecular weight is 202 g/mol. The number of carbonyl (C=O) groups excluding carboxylic acids is 2. The van der Waals surface area contributed by atoms with Crippen molar-refractivity contribution in [3.8, 4) is 0 Å². The molecule has 0 aromatic carbocycles. The zero-order valence-corrected chi connectivity index (χ0v) is 8.28. The Kier molecular flexibility index (Phi) is 3.10. The van der Waals surface area contributed by atoms with E-state index in [0.29, 0.717) is 6.42 Å². The molecule has 0 spiro atoms. The molecule has 1 rings (SSSR count). The van der Waals surface area contributed by atoms with Crippen molar-refractivity contribution in [2.75, 3.05) is 6.61 Å². The van der Waals surface area contributed by atoms with Crippen LogP contribution in [0.15, 0.2) is 0 Å². The standard InChI is InChI=1S/C9H14O5/c1-6(10)13-5-7-9(2,12)4-3-8(11)14-7/h7,12H,3-5H2,1-2H3/t7-,9+/m0/s1. The molecule has 0 aromatic rings. The van der Waals surface area contributed by atoms with Gasteiger partial charge in [0.1, 0.15) is 12.2 Å². The first-order valence-electron chi connectivity index (χ1n) is 4.47. The van der Waals surface area contributed by atoms with Crippen molar-refractivity contribution >= 4 is 11.9 Å². The summed E-state index contributed by atoms with van der Waals surface area (Å²) in [6, 6.07) is 0. The van der Waals surface area contributed by atoms with Crippen LogP contribution in [0.4, 0.5) is 0 Å². The summed E-state index contributed by atoms with van der Waals surface area (Å²) < 4.78 is 9.57. The number of rotatable bonds is 2. The number of hydrogen-bond donors (Lipinski definition) is 1. The highest BCUT2D eigenvalue weighted by atomic mass is 16.6. The summed E-state index contributed by atoms with van der Waals surface area (Å²) in [6.45, 7) is 2.74. The maximum Gasteiger partial charge on any atom is 0.306 e. The first-order chi connectivity index (χ1) is 6.42. The third kappa shape index (κ3) is 2.70. The van der Waals surface area contributed by atoms with Crippen LogP contribution in [0, 0.1) is 0 Å². The van der Waals surface area contributed by atoms with Gasteiger partial charge in [0, 0.05) is 13.3 Å². The van der Waals surface area contributed by atoms with E-state index in [2.05, 4.69) is 4.74 Å². The van der Waals surface area contributed by atoms with Crippen molar-refractivity contribution in [2.24, 2.45) is 0 Å². The van der Waals surface area contributed by atoms with E-state index >= 15 is 0 Å². The molecule has 0 aromatic heterocycles. The molecular weight excluding hydrogens is 188 g/mol. The molecule has 0 amide bonds. The molecular formula is C9H14O5. The zero-order chi connectivity index (χ0) is 10.8. The summed E-state index contributed by atoms with van der Waals surface area (Å²) in [4.78, 5) is 21.5. The fourth-order valence-corrected chi connectivity index (χ4v) is 1.27. The molecule has 5 heteroatoms. The van der Waals surface area contributed by atoms with Gasteiger partial charge in [0.15, 0.2) is 6.10 Å². The molecule has 14 heavy (non-hydrogen) atoms. The van der Waals surface area contributed by atoms with E-state index in [0.717, 1.165) is 0 Å². The topological polar surface area (TPSA) is 72.8 Å². The second kappa shape index (κ2) is 3.96. The van der Waals surface area contributed by atoms with Crippen molar-refractivity contribution in [2.45, 2.75) is 38.4 Å². The van der Waals surface area contributed by atoms with Gasteiger partial charge in [-0.25, -0.2) is 0 Å². The summed E-state index contributed by atoms with van der Waals surface area (Å²) in [5.74, 6) is -0.823. The Hall–Kier alpha value is -1.10. The summed E-state index contributed by atoms with van der Waals surface area (Å²) in [5.41, 5.74) is -1.11. The quantitative estimate of drug-likeness (QED) is 0.638. The Morgan fingerprint density at radius 1 is 1.79 bits per heavy atom. The van der Waals surface area contributed by atoms with Crippen molar-refractivity contribution in [3.63, 3.8) is 0 Å². The third-order valence-electron chi connectivity index (χ3n) is 2.24. The number of aliphatic hydroxyl groups is 1. The van der Waals surface area contributed by atoms with Crippen molar-refractivity contribution < 1.29 is 24.2 Å². The van der Waals surface area contributed by atoms with E-state index in [-0.39, 0.29) is 19.0 Å². The SMILES string of the molecule is CC(=O)OC[C@@H]1OC(=O)CC[C@@]1(C)O. The Bertz CT molecular complexity index is 246. The third-order valence-corrected chi connectivity index (χ3v) is 2.24. The lowest BCUT2D eigenvalue weighted by molar-refractivity contribution is -0.188. The van der Waals surface area contributed by atoms with E-state index in [1.54, 1.807) is 6.92 Å². The minimum atomic E-state index is -1.11. The first-order valence-corrected chi connectivity index (χ1v) is 4.47. The minimum Gasteiger partial charge on any atom is -0.462 e. The monoisotopic (exact) mass is 202 g/mol. The zero-order valence-electron chi connectivity index (χ0n) is 8.28. The van der Waals surface area contributed by atoms with Gasteiger partial charge < -0.3 is 14.6 Å². The Balaban J connectivity index is 2.54. The number of hydrogen-bond acceptors (Lipinski definition) is 5. The van der Waals surface area contributed by atoms with Gasteiger partial charge in [0.05, 0.1) is 0 Å². The van der Waals surface area contributed by atoms with E-state index in [4.69, 9.17) is 4.74 Å². The molecule has 5 nitrogen and oxygen atoms in total. The predicted octanol–water partition coefficient (Wildman–Crippen LogP) is 0.00610. The van der Waals surface area contributed by atoms with Crippen LogP contribution in [-0.2, 0) is 19.1 Å². The fraction of sp³-hybridized carbons (Fsp3) is 0.778. The van der Waals surface area contributed by atoms with Crippen LogP contribution in [-0.4, -0.2) is 35.4 Å². The molecule has 0 unspecified atom stereocenters. The molecule has 0 bridgehead atoms. The highest BCUT2D eigenvalue weighted by Gasteiger charge is 2.40. The Labute approximate surface area is 82.0 Å². The molecule has 1 aliphatic rings. The van der Waals surface area contributed by atoms with Crippen LogP contribution in [0.2, 0.25) is 0 Å². The van der Waals surface area contributed by atoms with Gasteiger partial charge in [-0.2, -0.15) is 0 Å². The average Bonchev–Trinajstić information content (AvgIpc) is 2.07. The second-order valence-corrected chi connectivity index (χ2v) is 3.64. The molecule has 0 saturated carbocycles. The molecule has 0 radical (unpaired) electrons. The van der Waals surface area contributed by atoms with Crippen LogP contribution in [0.3, 0.4) is 0 Å². The molecule has 0 aliphatic carbocycles. The van der Waals surface area contributed by atoms with E-state index in [1.807, 2.05) is 0 Å². The Morgan fingerprint density at radius 2 is 2.43 bits per heavy atom. The van der Waals surface area contributed by atoms with Gasteiger partial charge in [0.25, 0.3) is 0 Å². The fourth-order valence-electron chi connectivity index (χ4n) is 1.27. The number of carbonyl (C=O) groups is 2. The van der Waals surface area contributed by atoms with Crippen LogP contribution < -0.4 is 0 Å². The van der Waals surface area contributed by atoms with Gasteiger partial charge in [-0.05, 0) is 13.3 Å².